The molecule has 0 unspecified atom stereocenters. The van der Waals surface area contributed by atoms with Crippen LogP contribution in [0.2, 0.25) is 0 Å². The maximum atomic E-state index is 12.3. The van der Waals surface area contributed by atoms with E-state index in [1.807, 2.05) is 42.8 Å². The summed E-state index contributed by atoms with van der Waals surface area (Å²) in [6, 6.07) is 9.81. The molecule has 0 spiro atoms. The first-order valence-electron chi connectivity index (χ1n) is 8.61. The maximum absolute atomic E-state index is 12.3. The zero-order valence-electron chi connectivity index (χ0n) is 14.4. The second-order valence-electron chi connectivity index (χ2n) is 6.46. The summed E-state index contributed by atoms with van der Waals surface area (Å²) in [6.45, 7) is 6.22. The van der Waals surface area contributed by atoms with Gasteiger partial charge in [-0.25, -0.2) is 0 Å². The maximum Gasteiger partial charge on any atom is 0.251 e. The predicted molar refractivity (Wildman–Crippen MR) is 93.2 cm³/mol. The number of carbonyl (C=O) groups excluding carboxylic acids is 1. The first-order chi connectivity index (χ1) is 11.6. The van der Waals surface area contributed by atoms with Crippen molar-refractivity contribution < 1.29 is 9.53 Å². The molecule has 1 aromatic heterocycles. The summed E-state index contributed by atoms with van der Waals surface area (Å²) < 4.78 is 7.54. The average Bonchev–Trinajstić information content (AvgIpc) is 3.18. The van der Waals surface area contributed by atoms with Crippen molar-refractivity contribution in [2.45, 2.75) is 45.8 Å². The highest BCUT2D eigenvalue weighted by Crippen LogP contribution is 2.14. The number of nitrogens with zero attached hydrogens (tertiary/aromatic N) is 2. The van der Waals surface area contributed by atoms with Crippen LogP contribution in [0.25, 0.3) is 0 Å². The van der Waals surface area contributed by atoms with Crippen molar-refractivity contribution in [3.63, 3.8) is 0 Å². The van der Waals surface area contributed by atoms with Gasteiger partial charge >= 0.3 is 0 Å². The third kappa shape index (κ3) is 4.23. The van der Waals surface area contributed by atoms with E-state index in [1.54, 1.807) is 0 Å². The van der Waals surface area contributed by atoms with Gasteiger partial charge in [-0.15, -0.1) is 0 Å². The van der Waals surface area contributed by atoms with E-state index < -0.39 is 0 Å². The molecular formula is C19H25N3O2. The highest BCUT2D eigenvalue weighted by Gasteiger charge is 2.15. The molecule has 3 rings (SSSR count). The number of amides is 1. The minimum Gasteiger partial charge on any atom is -0.378 e. The smallest absolute Gasteiger partial charge is 0.251 e. The van der Waals surface area contributed by atoms with Gasteiger partial charge in [0.1, 0.15) is 0 Å². The van der Waals surface area contributed by atoms with Crippen molar-refractivity contribution in [2.75, 3.05) is 13.2 Å². The molecule has 1 aliphatic heterocycles. The molecule has 0 aliphatic carbocycles. The van der Waals surface area contributed by atoms with Crippen LogP contribution < -0.4 is 5.32 Å². The van der Waals surface area contributed by atoms with Crippen LogP contribution in [0.4, 0.5) is 0 Å². The summed E-state index contributed by atoms with van der Waals surface area (Å²) in [5.74, 6) is -0.0248. The number of aryl methyl sites for hydroxylation is 2. The van der Waals surface area contributed by atoms with Crippen molar-refractivity contribution in [1.29, 1.82) is 0 Å². The van der Waals surface area contributed by atoms with Crippen LogP contribution in [0.15, 0.2) is 30.3 Å². The van der Waals surface area contributed by atoms with E-state index in [0.717, 1.165) is 42.8 Å². The van der Waals surface area contributed by atoms with Crippen LogP contribution in [-0.4, -0.2) is 34.9 Å². The molecule has 1 fully saturated rings. The number of hydrogen-bond donors (Lipinski definition) is 1. The first-order valence-corrected chi connectivity index (χ1v) is 8.61. The lowest BCUT2D eigenvalue weighted by Crippen LogP contribution is -2.27. The molecule has 0 bridgehead atoms. The molecule has 0 radical (unpaired) electrons. The summed E-state index contributed by atoms with van der Waals surface area (Å²) >= 11 is 0. The number of nitrogens with one attached hydrogen (secondary N) is 1. The fraction of sp³-hybridized carbons (Fsp3) is 0.474. The Balaban J connectivity index is 1.57. The zero-order chi connectivity index (χ0) is 16.9. The molecular weight excluding hydrogens is 302 g/mol. The van der Waals surface area contributed by atoms with Crippen LogP contribution in [0, 0.1) is 13.8 Å². The van der Waals surface area contributed by atoms with E-state index in [9.17, 15) is 4.79 Å². The van der Waals surface area contributed by atoms with Gasteiger partial charge in [0.25, 0.3) is 5.91 Å². The Morgan fingerprint density at radius 2 is 2.25 bits per heavy atom. The second-order valence-corrected chi connectivity index (χ2v) is 6.46. The normalized spacial score (nSPS) is 17.2. The van der Waals surface area contributed by atoms with Gasteiger partial charge in [0.05, 0.1) is 18.3 Å². The summed E-state index contributed by atoms with van der Waals surface area (Å²) in [5, 5.41) is 7.47. The molecule has 1 saturated heterocycles. The lowest BCUT2D eigenvalue weighted by Gasteiger charge is -2.11. The van der Waals surface area contributed by atoms with Crippen LogP contribution in [-0.2, 0) is 11.3 Å². The lowest BCUT2D eigenvalue weighted by atomic mass is 10.1. The zero-order valence-corrected chi connectivity index (χ0v) is 14.4. The van der Waals surface area contributed by atoms with E-state index in [1.165, 1.54) is 0 Å². The van der Waals surface area contributed by atoms with Crippen molar-refractivity contribution in [2.24, 2.45) is 0 Å². The summed E-state index contributed by atoms with van der Waals surface area (Å²) in [4.78, 5) is 12.3. The predicted octanol–water partition coefficient (Wildman–Crippen LogP) is 2.85. The summed E-state index contributed by atoms with van der Waals surface area (Å²) in [5.41, 5.74) is 3.91. The van der Waals surface area contributed by atoms with E-state index in [2.05, 4.69) is 16.5 Å². The molecule has 1 aliphatic rings. The van der Waals surface area contributed by atoms with Gasteiger partial charge in [-0.3, -0.25) is 9.48 Å². The number of rotatable bonds is 6. The van der Waals surface area contributed by atoms with Crippen molar-refractivity contribution in [3.05, 3.63) is 52.8 Å². The SMILES string of the molecule is Cc1cc(C)n(Cc2cccc(C(=O)NCC[C@@H]3CCCO3)c2)n1. The lowest BCUT2D eigenvalue weighted by molar-refractivity contribution is 0.0907. The highest BCUT2D eigenvalue weighted by molar-refractivity contribution is 5.94. The minimum absolute atomic E-state index is 0.0248. The number of benzene rings is 1. The molecule has 1 N–H and O–H groups in total. The van der Waals surface area contributed by atoms with Crippen LogP contribution in [0.5, 0.6) is 0 Å². The quantitative estimate of drug-likeness (QED) is 0.887. The molecule has 1 aromatic carbocycles. The van der Waals surface area contributed by atoms with E-state index >= 15 is 0 Å². The molecule has 1 atom stereocenters. The van der Waals surface area contributed by atoms with Gasteiger partial charge < -0.3 is 10.1 Å². The van der Waals surface area contributed by atoms with Gasteiger partial charge in [-0.1, -0.05) is 12.1 Å². The van der Waals surface area contributed by atoms with Gasteiger partial charge in [0.2, 0.25) is 0 Å². The Morgan fingerprint density at radius 3 is 2.96 bits per heavy atom. The molecule has 1 amide bonds. The molecule has 5 nitrogen and oxygen atoms in total. The number of ether oxygens (including phenoxy) is 1. The Bertz CT molecular complexity index is 702. The third-order valence-corrected chi connectivity index (χ3v) is 4.40. The molecule has 24 heavy (non-hydrogen) atoms. The average molecular weight is 327 g/mol. The number of hydrogen-bond acceptors (Lipinski definition) is 3. The van der Waals surface area contributed by atoms with Gasteiger partial charge in [-0.2, -0.15) is 5.10 Å². The van der Waals surface area contributed by atoms with E-state index in [0.29, 0.717) is 24.8 Å². The van der Waals surface area contributed by atoms with Crippen LogP contribution in [0.3, 0.4) is 0 Å². The highest BCUT2D eigenvalue weighted by atomic mass is 16.5. The topological polar surface area (TPSA) is 56.2 Å². The summed E-state index contributed by atoms with van der Waals surface area (Å²) in [7, 11) is 0. The fourth-order valence-corrected chi connectivity index (χ4v) is 3.14. The Kier molecular flexibility index (Phi) is 5.30. The first kappa shape index (κ1) is 16.7. The Morgan fingerprint density at radius 1 is 1.38 bits per heavy atom. The molecule has 2 heterocycles. The van der Waals surface area contributed by atoms with Gasteiger partial charge in [0.15, 0.2) is 0 Å². The fourth-order valence-electron chi connectivity index (χ4n) is 3.14. The number of aromatic nitrogens is 2. The van der Waals surface area contributed by atoms with Gasteiger partial charge in [0, 0.05) is 24.4 Å². The molecule has 5 heteroatoms. The van der Waals surface area contributed by atoms with Crippen LogP contribution >= 0.6 is 0 Å². The molecule has 2 aromatic rings. The Hall–Kier alpha value is -2.14. The summed E-state index contributed by atoms with van der Waals surface area (Å²) in [6.07, 6.45) is 3.43. The largest absolute Gasteiger partial charge is 0.378 e. The minimum atomic E-state index is -0.0248. The molecule has 0 saturated carbocycles. The van der Waals surface area contributed by atoms with Gasteiger partial charge in [-0.05, 0) is 56.9 Å². The molecule has 128 valence electrons. The van der Waals surface area contributed by atoms with Crippen molar-refractivity contribution in [1.82, 2.24) is 15.1 Å². The van der Waals surface area contributed by atoms with Crippen molar-refractivity contribution in [3.8, 4) is 0 Å². The van der Waals surface area contributed by atoms with Crippen molar-refractivity contribution >= 4 is 5.91 Å². The standard InChI is InChI=1S/C19H25N3O2/c1-14-11-15(2)22(21-14)13-16-5-3-6-17(12-16)19(23)20-9-8-18-7-4-10-24-18/h3,5-6,11-12,18H,4,7-10,13H2,1-2H3,(H,20,23)/t18-/m0/s1. The second kappa shape index (κ2) is 7.62. The van der Waals surface area contributed by atoms with E-state index in [4.69, 9.17) is 4.74 Å². The third-order valence-electron chi connectivity index (χ3n) is 4.40. The number of carbonyl (C=O) groups is 1. The monoisotopic (exact) mass is 327 g/mol. The van der Waals surface area contributed by atoms with Crippen LogP contribution in [0.1, 0.15) is 46.6 Å². The van der Waals surface area contributed by atoms with E-state index in [-0.39, 0.29) is 5.91 Å². The Labute approximate surface area is 143 Å².